The number of rotatable bonds is 8. The van der Waals surface area contributed by atoms with Crippen LogP contribution in [0.5, 0.6) is 0 Å². The van der Waals surface area contributed by atoms with Crippen LogP contribution >= 0.6 is 0 Å². The van der Waals surface area contributed by atoms with E-state index in [1.54, 1.807) is 0 Å². The summed E-state index contributed by atoms with van der Waals surface area (Å²) in [7, 11) is 0. The predicted octanol–water partition coefficient (Wildman–Crippen LogP) is 8.89. The summed E-state index contributed by atoms with van der Waals surface area (Å²) >= 11 is 0. The van der Waals surface area contributed by atoms with E-state index in [1.807, 2.05) is 0 Å². The maximum atomic E-state index is 13.5. The molecule has 4 rings (SSSR count). The van der Waals surface area contributed by atoms with E-state index < -0.39 is 0 Å². The number of ketones is 1. The van der Waals surface area contributed by atoms with Gasteiger partial charge in [0.2, 0.25) is 0 Å². The number of carbonyl (C=O) groups excluding carboxylic acids is 1. The Hall–Kier alpha value is -0.330. The topological polar surface area (TPSA) is 17.1 Å². The Morgan fingerprint density at radius 1 is 0.633 bits per heavy atom. The summed E-state index contributed by atoms with van der Waals surface area (Å²) < 4.78 is 0. The third-order valence-electron chi connectivity index (χ3n) is 10.4. The van der Waals surface area contributed by atoms with E-state index in [2.05, 4.69) is 13.8 Å². The van der Waals surface area contributed by atoms with Gasteiger partial charge >= 0.3 is 0 Å². The summed E-state index contributed by atoms with van der Waals surface area (Å²) in [6.45, 7) is 4.63. The van der Waals surface area contributed by atoms with E-state index in [-0.39, 0.29) is 10.8 Å². The molecule has 0 unspecified atom stereocenters. The van der Waals surface area contributed by atoms with Gasteiger partial charge in [0.1, 0.15) is 5.78 Å². The van der Waals surface area contributed by atoms with Gasteiger partial charge in [-0.05, 0) is 94.3 Å². The van der Waals surface area contributed by atoms with Gasteiger partial charge in [-0.15, -0.1) is 0 Å². The third-order valence-corrected chi connectivity index (χ3v) is 10.4. The number of hydrogen-bond acceptors (Lipinski definition) is 1. The van der Waals surface area contributed by atoms with E-state index in [1.165, 1.54) is 128 Å². The van der Waals surface area contributed by atoms with Crippen molar-refractivity contribution in [1.82, 2.24) is 0 Å². The molecule has 4 aliphatic carbocycles. The zero-order valence-electron chi connectivity index (χ0n) is 20.4. The van der Waals surface area contributed by atoms with E-state index in [0.717, 1.165) is 29.5 Å². The van der Waals surface area contributed by atoms with Crippen LogP contribution in [0.3, 0.4) is 0 Å². The van der Waals surface area contributed by atoms with E-state index >= 15 is 0 Å². The maximum absolute atomic E-state index is 13.5. The molecule has 0 atom stereocenters. The molecule has 0 heterocycles. The van der Waals surface area contributed by atoms with Crippen LogP contribution < -0.4 is 0 Å². The molecule has 0 aliphatic heterocycles. The van der Waals surface area contributed by atoms with Crippen molar-refractivity contribution in [1.29, 1.82) is 0 Å². The molecule has 0 bridgehead atoms. The minimum atomic E-state index is 0.143. The quantitative estimate of drug-likeness (QED) is 0.362. The van der Waals surface area contributed by atoms with Crippen LogP contribution in [0.1, 0.15) is 142 Å². The van der Waals surface area contributed by atoms with Gasteiger partial charge in [-0.2, -0.15) is 0 Å². The van der Waals surface area contributed by atoms with Crippen molar-refractivity contribution in [3.05, 3.63) is 0 Å². The van der Waals surface area contributed by atoms with Gasteiger partial charge < -0.3 is 0 Å². The van der Waals surface area contributed by atoms with Crippen molar-refractivity contribution >= 4 is 5.78 Å². The highest BCUT2D eigenvalue weighted by Gasteiger charge is 2.63. The van der Waals surface area contributed by atoms with Crippen molar-refractivity contribution in [2.75, 3.05) is 0 Å². The number of Topliss-reactive ketones (excluding diaryl/α,β-unsaturated/α-hetero) is 1. The smallest absolute Gasteiger partial charge is 0.145 e. The van der Waals surface area contributed by atoms with Crippen LogP contribution in [0.25, 0.3) is 0 Å². The van der Waals surface area contributed by atoms with Crippen LogP contribution in [0.4, 0.5) is 0 Å². The molecule has 4 aliphatic rings. The van der Waals surface area contributed by atoms with Crippen LogP contribution in [0, 0.1) is 34.5 Å². The highest BCUT2D eigenvalue weighted by molar-refractivity contribution is 5.96. The SMILES string of the molecule is CCCCCC1CC[C@]2(CC1)C[C@@]1(CC[C@H](C3CCC(CCCC)CC3)CC1)C2=O. The molecule has 1 heteroatoms. The lowest BCUT2D eigenvalue weighted by atomic mass is 9.42. The molecule has 0 amide bonds. The molecule has 4 fully saturated rings. The summed E-state index contributed by atoms with van der Waals surface area (Å²) in [4.78, 5) is 13.5. The van der Waals surface area contributed by atoms with Crippen LogP contribution in [0.15, 0.2) is 0 Å². The molecule has 4 saturated carbocycles. The Bertz CT molecular complexity index is 539. The first-order valence-electron chi connectivity index (χ1n) is 14.2. The summed E-state index contributed by atoms with van der Waals surface area (Å²) in [6.07, 6.45) is 27.4. The highest BCUT2D eigenvalue weighted by atomic mass is 16.1. The summed E-state index contributed by atoms with van der Waals surface area (Å²) in [5.41, 5.74) is 0.287. The standard InChI is InChI=1S/C29H50O/c1-3-5-7-9-24-14-18-28(19-15-24)22-29(27(28)30)20-16-26(17-21-29)25-12-10-23(11-13-25)8-6-4-2/h23-26H,3-22H2,1-2H3/t23?,24?,25?,26-,28-,29-. The molecule has 0 aromatic heterocycles. The minimum Gasteiger partial charge on any atom is -0.298 e. The molecular formula is C29H50O. The normalized spacial score (nSPS) is 41.9. The fourth-order valence-corrected chi connectivity index (χ4v) is 8.38. The molecule has 0 radical (unpaired) electrons. The Balaban J connectivity index is 1.19. The lowest BCUT2D eigenvalue weighted by Gasteiger charge is -2.59. The summed E-state index contributed by atoms with van der Waals surface area (Å²) in [5, 5.41) is 0. The fraction of sp³-hybridized carbons (Fsp3) is 0.966. The van der Waals surface area contributed by atoms with Crippen molar-refractivity contribution in [3.8, 4) is 0 Å². The fourth-order valence-electron chi connectivity index (χ4n) is 8.38. The first-order valence-corrected chi connectivity index (χ1v) is 14.2. The highest BCUT2D eigenvalue weighted by Crippen LogP contribution is 2.64. The molecule has 30 heavy (non-hydrogen) atoms. The zero-order valence-corrected chi connectivity index (χ0v) is 20.4. The molecule has 0 saturated heterocycles. The molecule has 1 nitrogen and oxygen atoms in total. The number of hydrogen-bond donors (Lipinski definition) is 0. The molecular weight excluding hydrogens is 364 g/mol. The molecule has 0 N–H and O–H groups in total. The Morgan fingerprint density at radius 3 is 1.70 bits per heavy atom. The molecule has 0 aromatic rings. The summed E-state index contributed by atoms with van der Waals surface area (Å²) in [6, 6.07) is 0. The van der Waals surface area contributed by atoms with Gasteiger partial charge in [-0.3, -0.25) is 4.79 Å². The largest absolute Gasteiger partial charge is 0.298 e. The van der Waals surface area contributed by atoms with Gasteiger partial charge in [-0.1, -0.05) is 71.6 Å². The first kappa shape index (κ1) is 22.8. The minimum absolute atomic E-state index is 0.143. The second-order valence-corrected chi connectivity index (χ2v) is 12.3. The van der Waals surface area contributed by atoms with E-state index in [4.69, 9.17) is 0 Å². The van der Waals surface area contributed by atoms with Crippen molar-refractivity contribution < 1.29 is 4.79 Å². The predicted molar refractivity (Wildman–Crippen MR) is 128 cm³/mol. The second kappa shape index (κ2) is 10.1. The second-order valence-electron chi connectivity index (χ2n) is 12.3. The lowest BCUT2D eigenvalue weighted by Crippen LogP contribution is -2.59. The molecule has 172 valence electrons. The van der Waals surface area contributed by atoms with Crippen molar-refractivity contribution in [2.45, 2.75) is 142 Å². The van der Waals surface area contributed by atoms with Gasteiger partial charge in [0.25, 0.3) is 0 Å². The average Bonchev–Trinajstić information content (AvgIpc) is 2.80. The number of unbranched alkanes of at least 4 members (excludes halogenated alkanes) is 3. The summed E-state index contributed by atoms with van der Waals surface area (Å²) in [5.74, 6) is 4.63. The zero-order chi connectivity index (χ0) is 21.0. The van der Waals surface area contributed by atoms with Crippen LogP contribution in [-0.4, -0.2) is 5.78 Å². The Kier molecular flexibility index (Phi) is 7.68. The Labute approximate surface area is 187 Å². The monoisotopic (exact) mass is 414 g/mol. The van der Waals surface area contributed by atoms with Crippen molar-refractivity contribution in [2.24, 2.45) is 34.5 Å². The number of carbonyl (C=O) groups is 1. The molecule has 2 spiro atoms. The van der Waals surface area contributed by atoms with Gasteiger partial charge in [-0.25, -0.2) is 0 Å². The van der Waals surface area contributed by atoms with Crippen molar-refractivity contribution in [3.63, 3.8) is 0 Å². The average molecular weight is 415 g/mol. The Morgan fingerprint density at radius 2 is 1.13 bits per heavy atom. The molecule has 0 aromatic carbocycles. The van der Waals surface area contributed by atoms with E-state index in [0.29, 0.717) is 0 Å². The van der Waals surface area contributed by atoms with Crippen LogP contribution in [-0.2, 0) is 4.79 Å². The van der Waals surface area contributed by atoms with Gasteiger partial charge in [0.15, 0.2) is 0 Å². The third kappa shape index (κ3) is 4.71. The van der Waals surface area contributed by atoms with Gasteiger partial charge in [0.05, 0.1) is 0 Å². The first-order chi connectivity index (χ1) is 14.6. The lowest BCUT2D eigenvalue weighted by molar-refractivity contribution is -0.169. The van der Waals surface area contributed by atoms with Crippen LogP contribution in [0.2, 0.25) is 0 Å². The van der Waals surface area contributed by atoms with E-state index in [9.17, 15) is 4.79 Å². The maximum Gasteiger partial charge on any atom is 0.145 e. The van der Waals surface area contributed by atoms with Gasteiger partial charge in [0, 0.05) is 10.8 Å².